The van der Waals surface area contributed by atoms with E-state index in [1.54, 1.807) is 12.1 Å². The van der Waals surface area contributed by atoms with Gasteiger partial charge >= 0.3 is 0 Å². The maximum absolute atomic E-state index is 9.53. The summed E-state index contributed by atoms with van der Waals surface area (Å²) in [4.78, 5) is 0. The maximum Gasteiger partial charge on any atom is 0.157 e. The van der Waals surface area contributed by atoms with Gasteiger partial charge in [-0.2, -0.15) is 0 Å². The summed E-state index contributed by atoms with van der Waals surface area (Å²) in [6.07, 6.45) is 3.77. The first-order valence-electron chi connectivity index (χ1n) is 5.99. The molecule has 94 valence electrons. The van der Waals surface area contributed by atoms with Crippen molar-refractivity contribution in [3.63, 3.8) is 0 Å². The Hall–Kier alpha value is -0.930. The lowest BCUT2D eigenvalue weighted by Gasteiger charge is -2.43. The van der Waals surface area contributed by atoms with Crippen LogP contribution in [0.2, 0.25) is 0 Å². The van der Waals surface area contributed by atoms with Gasteiger partial charge in [0.05, 0.1) is 0 Å². The van der Waals surface area contributed by atoms with Gasteiger partial charge in [0.2, 0.25) is 0 Å². The number of benzene rings is 1. The van der Waals surface area contributed by atoms with Gasteiger partial charge in [-0.15, -0.1) is 12.4 Å². The third kappa shape index (κ3) is 2.22. The molecule has 1 unspecified atom stereocenters. The minimum absolute atomic E-state index is 0. The van der Waals surface area contributed by atoms with Gasteiger partial charge in [0.1, 0.15) is 0 Å². The van der Waals surface area contributed by atoms with Crippen LogP contribution in [-0.4, -0.2) is 22.8 Å². The minimum atomic E-state index is -0.0299. The zero-order valence-corrected chi connectivity index (χ0v) is 10.4. The number of fused-ring (bicyclic) bond motifs is 3. The van der Waals surface area contributed by atoms with Crippen molar-refractivity contribution in [3.8, 4) is 11.5 Å². The van der Waals surface area contributed by atoms with E-state index in [1.165, 1.54) is 19.3 Å². The molecule has 17 heavy (non-hydrogen) atoms. The maximum atomic E-state index is 9.53. The van der Waals surface area contributed by atoms with E-state index >= 15 is 0 Å². The molecule has 2 heterocycles. The number of phenolic OH excluding ortho intramolecular Hbond substituents is 2. The van der Waals surface area contributed by atoms with Gasteiger partial charge in [-0.3, -0.25) is 0 Å². The van der Waals surface area contributed by atoms with E-state index in [0.717, 1.165) is 18.0 Å². The molecule has 2 aliphatic heterocycles. The van der Waals surface area contributed by atoms with Crippen LogP contribution in [0.4, 0.5) is 0 Å². The zero-order chi connectivity index (χ0) is 11.1. The molecule has 3 fully saturated rings. The van der Waals surface area contributed by atoms with Crippen LogP contribution >= 0.6 is 12.4 Å². The summed E-state index contributed by atoms with van der Waals surface area (Å²) in [6.45, 7) is 1.14. The Kier molecular flexibility index (Phi) is 3.50. The molecule has 3 atom stereocenters. The van der Waals surface area contributed by atoms with Crippen LogP contribution in [0.5, 0.6) is 11.5 Å². The van der Waals surface area contributed by atoms with E-state index in [9.17, 15) is 10.2 Å². The van der Waals surface area contributed by atoms with Gasteiger partial charge in [-0.25, -0.2) is 0 Å². The molecule has 0 aromatic heterocycles. The Morgan fingerprint density at radius 1 is 1.12 bits per heavy atom. The molecule has 2 bridgehead atoms. The first kappa shape index (κ1) is 12.5. The van der Waals surface area contributed by atoms with Crippen molar-refractivity contribution in [1.29, 1.82) is 0 Å². The Labute approximate surface area is 107 Å². The second-order valence-electron chi connectivity index (χ2n) is 5.05. The number of piperidine rings is 2. The zero-order valence-electron chi connectivity index (χ0n) is 9.60. The number of hydrogen-bond donors (Lipinski definition) is 3. The molecule has 4 heteroatoms. The van der Waals surface area contributed by atoms with Gasteiger partial charge in [0, 0.05) is 6.04 Å². The number of phenols is 2. The molecular weight excluding hydrogens is 238 g/mol. The molecule has 3 nitrogen and oxygen atoms in total. The summed E-state index contributed by atoms with van der Waals surface area (Å²) in [5.41, 5.74) is 1.15. The molecule has 1 aliphatic carbocycles. The molecule has 0 spiro atoms. The van der Waals surface area contributed by atoms with E-state index in [-0.39, 0.29) is 23.9 Å². The average Bonchev–Trinajstić information content (AvgIpc) is 2.34. The molecule has 3 aliphatic rings. The monoisotopic (exact) mass is 255 g/mol. The third-order valence-corrected chi connectivity index (χ3v) is 4.06. The summed E-state index contributed by atoms with van der Waals surface area (Å²) in [5, 5.41) is 22.4. The fourth-order valence-corrected chi connectivity index (χ4v) is 3.14. The van der Waals surface area contributed by atoms with Gasteiger partial charge in [0.15, 0.2) is 11.5 Å². The molecule has 2 saturated heterocycles. The summed E-state index contributed by atoms with van der Waals surface area (Å²) in [6, 6.07) is 5.78. The van der Waals surface area contributed by atoms with Crippen molar-refractivity contribution in [3.05, 3.63) is 23.8 Å². The lowest BCUT2D eigenvalue weighted by Crippen LogP contribution is -2.48. The number of aromatic hydroxyl groups is 2. The molecule has 1 aromatic carbocycles. The van der Waals surface area contributed by atoms with Crippen molar-refractivity contribution in [1.82, 2.24) is 5.32 Å². The fraction of sp³-hybridized carbons (Fsp3) is 0.538. The second-order valence-corrected chi connectivity index (χ2v) is 5.05. The van der Waals surface area contributed by atoms with Crippen LogP contribution in [-0.2, 0) is 0 Å². The third-order valence-electron chi connectivity index (χ3n) is 4.06. The summed E-state index contributed by atoms with van der Waals surface area (Å²) < 4.78 is 0. The number of nitrogens with one attached hydrogen (secondary N) is 1. The Balaban J connectivity index is 0.00000108. The highest BCUT2D eigenvalue weighted by Gasteiger charge is 2.36. The molecule has 3 N–H and O–H groups in total. The Bertz CT molecular complexity index is 402. The number of rotatable bonds is 1. The fourth-order valence-electron chi connectivity index (χ4n) is 3.14. The van der Waals surface area contributed by atoms with Gasteiger partial charge in [0.25, 0.3) is 0 Å². The van der Waals surface area contributed by atoms with E-state index in [4.69, 9.17) is 0 Å². The van der Waals surface area contributed by atoms with Crippen LogP contribution in [0.25, 0.3) is 0 Å². The topological polar surface area (TPSA) is 52.5 Å². The van der Waals surface area contributed by atoms with Crippen LogP contribution in [0.3, 0.4) is 0 Å². The van der Waals surface area contributed by atoms with Crippen molar-refractivity contribution < 1.29 is 10.2 Å². The summed E-state index contributed by atoms with van der Waals surface area (Å²) >= 11 is 0. The van der Waals surface area contributed by atoms with E-state index in [1.807, 2.05) is 6.07 Å². The lowest BCUT2D eigenvalue weighted by molar-refractivity contribution is 0.182. The highest BCUT2D eigenvalue weighted by atomic mass is 35.5. The molecular formula is C13H18ClNO2. The molecule has 0 amide bonds. The SMILES string of the molecule is Cl.Oc1ccc([C@H]2CC3CC[C@H]2NC3)cc1O. The Morgan fingerprint density at radius 3 is 2.47 bits per heavy atom. The van der Waals surface area contributed by atoms with Crippen LogP contribution in [0.15, 0.2) is 18.2 Å². The average molecular weight is 256 g/mol. The van der Waals surface area contributed by atoms with Gasteiger partial charge in [-0.1, -0.05) is 6.07 Å². The highest BCUT2D eigenvalue weighted by Crippen LogP contribution is 2.41. The van der Waals surface area contributed by atoms with Gasteiger partial charge < -0.3 is 15.5 Å². The molecule has 1 saturated carbocycles. The molecule has 4 rings (SSSR count). The van der Waals surface area contributed by atoms with Crippen LogP contribution < -0.4 is 5.32 Å². The van der Waals surface area contributed by atoms with E-state index in [0.29, 0.717) is 12.0 Å². The largest absolute Gasteiger partial charge is 0.504 e. The minimum Gasteiger partial charge on any atom is -0.504 e. The second kappa shape index (κ2) is 4.75. The predicted octanol–water partition coefficient (Wildman–Crippen LogP) is 2.38. The van der Waals surface area contributed by atoms with Crippen molar-refractivity contribution in [2.45, 2.75) is 31.2 Å². The standard InChI is InChI=1S/C13H17NO2.ClH/c15-12-4-2-9(6-13(12)16)10-5-8-1-3-11(10)14-7-8;/h2,4,6,8,10-11,14-16H,1,3,5,7H2;1H/t8?,10-,11-;/m1./s1. The van der Waals surface area contributed by atoms with Crippen molar-refractivity contribution >= 4 is 12.4 Å². The van der Waals surface area contributed by atoms with E-state index in [2.05, 4.69) is 5.32 Å². The van der Waals surface area contributed by atoms with Gasteiger partial charge in [-0.05, 0) is 55.3 Å². The van der Waals surface area contributed by atoms with Crippen LogP contribution in [0, 0.1) is 5.92 Å². The first-order chi connectivity index (χ1) is 7.74. The predicted molar refractivity (Wildman–Crippen MR) is 68.9 cm³/mol. The summed E-state index contributed by atoms with van der Waals surface area (Å²) in [5.74, 6) is 1.25. The molecule has 1 aromatic rings. The Morgan fingerprint density at radius 2 is 1.94 bits per heavy atom. The van der Waals surface area contributed by atoms with E-state index < -0.39 is 0 Å². The van der Waals surface area contributed by atoms with Crippen molar-refractivity contribution in [2.75, 3.05) is 6.54 Å². The first-order valence-corrected chi connectivity index (χ1v) is 5.99. The molecule has 0 radical (unpaired) electrons. The normalized spacial score (nSPS) is 30.9. The lowest BCUT2D eigenvalue weighted by atomic mass is 9.71. The highest BCUT2D eigenvalue weighted by molar-refractivity contribution is 5.85. The summed E-state index contributed by atoms with van der Waals surface area (Å²) in [7, 11) is 0. The van der Waals surface area contributed by atoms with Crippen LogP contribution in [0.1, 0.15) is 30.7 Å². The van der Waals surface area contributed by atoms with Crippen molar-refractivity contribution in [2.24, 2.45) is 5.92 Å². The smallest absolute Gasteiger partial charge is 0.157 e. The number of hydrogen-bond acceptors (Lipinski definition) is 3. The number of halogens is 1. The quantitative estimate of drug-likeness (QED) is 0.676.